The molecule has 0 spiro atoms. The number of benzene rings is 2. The lowest BCUT2D eigenvalue weighted by Crippen LogP contribution is -1.89. The van der Waals surface area contributed by atoms with Crippen molar-refractivity contribution >= 4 is 10.9 Å². The Morgan fingerprint density at radius 2 is 1.89 bits per heavy atom. The first-order valence-electron chi connectivity index (χ1n) is 6.76. The van der Waals surface area contributed by atoms with Crippen molar-refractivity contribution in [1.82, 2.24) is 4.98 Å². The van der Waals surface area contributed by atoms with Crippen LogP contribution in [-0.2, 0) is 6.42 Å². The number of hydrogen-bond donors (Lipinski definition) is 0. The zero-order valence-electron chi connectivity index (χ0n) is 11.1. The van der Waals surface area contributed by atoms with E-state index in [1.165, 1.54) is 11.1 Å². The Balaban J connectivity index is 1.96. The Bertz CT molecular complexity index is 692. The van der Waals surface area contributed by atoms with Gasteiger partial charge in [-0.25, -0.2) is 0 Å². The molecule has 1 aromatic heterocycles. The maximum Gasteiger partial charge on any atom is 0.0702 e. The van der Waals surface area contributed by atoms with Gasteiger partial charge in [0, 0.05) is 13.0 Å². The monoisotopic (exact) mass is 234 g/mol. The van der Waals surface area contributed by atoms with Crippen LogP contribution in [0.15, 0.2) is 60.8 Å². The van der Waals surface area contributed by atoms with Crippen molar-refractivity contribution in [2.45, 2.75) is 13.3 Å². The van der Waals surface area contributed by atoms with Crippen LogP contribution in [0.5, 0.6) is 0 Å². The molecule has 3 rings (SSSR count). The molecule has 0 saturated heterocycles. The van der Waals surface area contributed by atoms with Crippen LogP contribution < -0.4 is 0 Å². The van der Waals surface area contributed by atoms with Crippen LogP contribution in [0, 0.1) is 6.90 Å². The van der Waals surface area contributed by atoms with Crippen LogP contribution in [0.4, 0.5) is 0 Å². The summed E-state index contributed by atoms with van der Waals surface area (Å²) in [6.45, 7) is 0.284. The van der Waals surface area contributed by atoms with E-state index in [1.54, 1.807) is 6.20 Å². The summed E-state index contributed by atoms with van der Waals surface area (Å²) < 4.78 is 7.41. The second kappa shape index (κ2) is 4.61. The zero-order valence-corrected chi connectivity index (χ0v) is 10.1. The number of nitrogens with zero attached hydrogens (tertiary/aromatic N) is 1. The van der Waals surface area contributed by atoms with Crippen LogP contribution in [0.1, 0.15) is 18.1 Å². The minimum atomic E-state index is 0.284. The summed E-state index contributed by atoms with van der Waals surface area (Å²) in [7, 11) is 0. The van der Waals surface area contributed by atoms with Crippen LogP contribution >= 0.6 is 0 Å². The minimum Gasteiger partial charge on any atom is -0.256 e. The average molecular weight is 234 g/mol. The first kappa shape index (κ1) is 9.84. The van der Waals surface area contributed by atoms with Gasteiger partial charge in [-0.3, -0.25) is 4.98 Å². The molecular weight excluding hydrogens is 218 g/mol. The van der Waals surface area contributed by atoms with Gasteiger partial charge >= 0.3 is 0 Å². The molecule has 18 heavy (non-hydrogen) atoms. The van der Waals surface area contributed by atoms with Gasteiger partial charge in [0.1, 0.15) is 0 Å². The van der Waals surface area contributed by atoms with E-state index in [1.807, 2.05) is 6.07 Å². The molecule has 1 nitrogen and oxygen atoms in total. The Hall–Kier alpha value is -2.15. The molecule has 0 unspecified atom stereocenters. The van der Waals surface area contributed by atoms with Crippen LogP contribution in [0.25, 0.3) is 10.9 Å². The summed E-state index contributed by atoms with van der Waals surface area (Å²) in [4.78, 5) is 4.38. The topological polar surface area (TPSA) is 12.9 Å². The van der Waals surface area contributed by atoms with Crippen molar-refractivity contribution in [3.8, 4) is 0 Å². The minimum absolute atomic E-state index is 0.284. The van der Waals surface area contributed by atoms with Crippen molar-refractivity contribution < 1.29 is 1.37 Å². The Morgan fingerprint density at radius 1 is 1.00 bits per heavy atom. The van der Waals surface area contributed by atoms with Gasteiger partial charge in [-0.15, -0.1) is 0 Å². The highest BCUT2D eigenvalue weighted by molar-refractivity contribution is 5.79. The van der Waals surface area contributed by atoms with Crippen molar-refractivity contribution in [3.63, 3.8) is 0 Å². The van der Waals surface area contributed by atoms with Crippen molar-refractivity contribution in [2.75, 3.05) is 0 Å². The highest BCUT2D eigenvalue weighted by Crippen LogP contribution is 2.17. The Labute approximate surface area is 109 Å². The fourth-order valence-electron chi connectivity index (χ4n) is 2.17. The van der Waals surface area contributed by atoms with Crippen molar-refractivity contribution in [2.24, 2.45) is 0 Å². The van der Waals surface area contributed by atoms with Gasteiger partial charge in [-0.2, -0.15) is 0 Å². The summed E-state index contributed by atoms with van der Waals surface area (Å²) in [5.41, 5.74) is 4.55. The van der Waals surface area contributed by atoms with E-state index in [2.05, 4.69) is 53.5 Å². The van der Waals surface area contributed by atoms with Gasteiger partial charge in [0.15, 0.2) is 0 Å². The number of pyridine rings is 1. The third-order valence-corrected chi connectivity index (χ3v) is 3.05. The highest BCUT2D eigenvalue weighted by atomic mass is 14.6. The van der Waals surface area contributed by atoms with Crippen LogP contribution in [0.3, 0.4) is 0 Å². The lowest BCUT2D eigenvalue weighted by molar-refractivity contribution is 1.20. The summed E-state index contributed by atoms with van der Waals surface area (Å²) in [6, 6.07) is 18.9. The zero-order chi connectivity index (χ0) is 13.1. The second-order valence-electron chi connectivity index (χ2n) is 4.53. The summed E-state index contributed by atoms with van der Waals surface area (Å²) >= 11 is 0. The molecule has 0 aliphatic carbocycles. The van der Waals surface area contributed by atoms with E-state index in [4.69, 9.17) is 1.37 Å². The summed E-state index contributed by atoms with van der Waals surface area (Å²) in [6.07, 6.45) is 2.72. The first-order chi connectivity index (χ1) is 9.35. The lowest BCUT2D eigenvalue weighted by atomic mass is 10.0. The van der Waals surface area contributed by atoms with Crippen molar-refractivity contribution in [3.05, 3.63) is 77.5 Å². The molecule has 1 heterocycles. The largest absolute Gasteiger partial charge is 0.256 e. The number of aromatic nitrogens is 1. The molecule has 0 saturated carbocycles. The molecule has 0 aliphatic rings. The van der Waals surface area contributed by atoms with E-state index < -0.39 is 0 Å². The summed E-state index contributed by atoms with van der Waals surface area (Å²) in [5, 5.41) is 1.12. The first-order valence-corrected chi connectivity index (χ1v) is 6.06. The molecule has 0 fully saturated rings. The summed E-state index contributed by atoms with van der Waals surface area (Å²) in [5.74, 6) is 0. The third kappa shape index (κ3) is 2.25. The number of fused-ring (bicyclic) bond motifs is 1. The van der Waals surface area contributed by atoms with E-state index >= 15 is 0 Å². The second-order valence-corrected chi connectivity index (χ2v) is 4.53. The molecule has 0 atom stereocenters. The maximum absolute atomic E-state index is 7.41. The molecule has 0 bridgehead atoms. The fraction of sp³-hybridized carbons (Fsp3) is 0.118. The van der Waals surface area contributed by atoms with Crippen molar-refractivity contribution in [1.29, 1.82) is 0 Å². The SMILES string of the molecule is [2H]Cc1cnc2ccc(Cc3ccccc3)cc2c1. The van der Waals surface area contributed by atoms with E-state index in [0.29, 0.717) is 0 Å². The van der Waals surface area contributed by atoms with Gasteiger partial charge in [0.05, 0.1) is 5.52 Å². The molecular formula is C17H15N. The number of rotatable bonds is 2. The predicted molar refractivity (Wildman–Crippen MR) is 75.7 cm³/mol. The standard InChI is InChI=1S/C17H15N/c1-13-9-16-11-15(7-8-17(16)18-12-13)10-14-5-3-2-4-6-14/h2-9,11-12H,10H2,1H3/i1D. The van der Waals surface area contributed by atoms with E-state index in [-0.39, 0.29) is 6.90 Å². The van der Waals surface area contributed by atoms with E-state index in [0.717, 1.165) is 22.9 Å². The molecule has 2 aromatic carbocycles. The van der Waals surface area contributed by atoms with Crippen LogP contribution in [-0.4, -0.2) is 4.98 Å². The van der Waals surface area contributed by atoms with Gasteiger partial charge in [0.25, 0.3) is 0 Å². The van der Waals surface area contributed by atoms with Gasteiger partial charge < -0.3 is 0 Å². The molecule has 88 valence electrons. The van der Waals surface area contributed by atoms with Gasteiger partial charge in [-0.05, 0) is 48.2 Å². The molecule has 0 amide bonds. The number of aryl methyl sites for hydroxylation is 1. The predicted octanol–water partition coefficient (Wildman–Crippen LogP) is 4.13. The quantitative estimate of drug-likeness (QED) is 0.649. The third-order valence-electron chi connectivity index (χ3n) is 3.05. The fourth-order valence-corrected chi connectivity index (χ4v) is 2.17. The van der Waals surface area contributed by atoms with Gasteiger partial charge in [0.2, 0.25) is 0 Å². The van der Waals surface area contributed by atoms with Gasteiger partial charge in [-0.1, -0.05) is 36.4 Å². The lowest BCUT2D eigenvalue weighted by Gasteiger charge is -2.04. The molecule has 3 aromatic rings. The smallest absolute Gasteiger partial charge is 0.0702 e. The highest BCUT2D eigenvalue weighted by Gasteiger charge is 1.99. The van der Waals surface area contributed by atoms with E-state index in [9.17, 15) is 0 Å². The maximum atomic E-state index is 7.41. The van der Waals surface area contributed by atoms with Crippen LogP contribution in [0.2, 0.25) is 0 Å². The Morgan fingerprint density at radius 3 is 2.72 bits per heavy atom. The normalized spacial score (nSPS) is 11.4. The molecule has 0 N–H and O–H groups in total. The number of hydrogen-bond acceptors (Lipinski definition) is 1. The average Bonchev–Trinajstić information content (AvgIpc) is 2.47. The molecule has 1 heteroatoms. The molecule has 0 aliphatic heterocycles. The Kier molecular flexibility index (Phi) is 2.52. The molecule has 0 radical (unpaired) electrons.